The Morgan fingerprint density at radius 3 is 2.55 bits per heavy atom. The second-order valence-corrected chi connectivity index (χ2v) is 5.76. The van der Waals surface area contributed by atoms with Gasteiger partial charge in [0.25, 0.3) is 0 Å². The van der Waals surface area contributed by atoms with Crippen molar-refractivity contribution < 1.29 is 14.7 Å². The molecule has 108 valence electrons. The highest BCUT2D eigenvalue weighted by Crippen LogP contribution is 2.33. The Bertz CT molecular complexity index is 554. The van der Waals surface area contributed by atoms with Crippen LogP contribution in [-0.4, -0.2) is 40.6 Å². The summed E-state index contributed by atoms with van der Waals surface area (Å²) in [5, 5.41) is 9.25. The first-order valence-electron chi connectivity index (χ1n) is 6.65. The van der Waals surface area contributed by atoms with Crippen LogP contribution in [0.3, 0.4) is 0 Å². The SMILES string of the molecule is CC1Cc2ccccc2N1C(=O)N(C)C(C)(C)C(=O)O. The van der Waals surface area contributed by atoms with Crippen LogP contribution in [-0.2, 0) is 11.2 Å². The van der Waals surface area contributed by atoms with Gasteiger partial charge in [-0.25, -0.2) is 9.59 Å². The van der Waals surface area contributed by atoms with Crippen LogP contribution in [0, 0.1) is 0 Å². The number of carboxylic acid groups (broad SMARTS) is 1. The molecular formula is C15H20N2O3. The van der Waals surface area contributed by atoms with E-state index in [1.807, 2.05) is 31.2 Å². The molecule has 0 aromatic heterocycles. The molecule has 1 aliphatic rings. The third kappa shape index (κ3) is 2.13. The van der Waals surface area contributed by atoms with E-state index in [2.05, 4.69) is 0 Å². The van der Waals surface area contributed by atoms with Crippen LogP contribution in [0.1, 0.15) is 26.3 Å². The molecule has 1 aromatic carbocycles. The van der Waals surface area contributed by atoms with Crippen molar-refractivity contribution in [3.8, 4) is 0 Å². The summed E-state index contributed by atoms with van der Waals surface area (Å²) in [6, 6.07) is 7.49. The van der Waals surface area contributed by atoms with E-state index < -0.39 is 11.5 Å². The second kappa shape index (κ2) is 4.81. The van der Waals surface area contributed by atoms with Crippen molar-refractivity contribution in [2.45, 2.75) is 38.8 Å². The molecule has 1 aliphatic heterocycles. The van der Waals surface area contributed by atoms with Gasteiger partial charge in [0.1, 0.15) is 5.54 Å². The lowest BCUT2D eigenvalue weighted by molar-refractivity contribution is -0.146. The van der Waals surface area contributed by atoms with Gasteiger partial charge in [-0.2, -0.15) is 0 Å². The molecule has 0 radical (unpaired) electrons. The largest absolute Gasteiger partial charge is 0.480 e. The summed E-state index contributed by atoms with van der Waals surface area (Å²) in [6.07, 6.45) is 0.795. The number of carbonyl (C=O) groups is 2. The van der Waals surface area contributed by atoms with Crippen molar-refractivity contribution in [3.63, 3.8) is 0 Å². The summed E-state index contributed by atoms with van der Waals surface area (Å²) >= 11 is 0. The average Bonchev–Trinajstić information content (AvgIpc) is 2.72. The predicted molar refractivity (Wildman–Crippen MR) is 77.0 cm³/mol. The normalized spacial score (nSPS) is 17.8. The number of aliphatic carboxylic acids is 1. The van der Waals surface area contributed by atoms with E-state index in [9.17, 15) is 14.7 Å². The monoisotopic (exact) mass is 276 g/mol. The minimum Gasteiger partial charge on any atom is -0.480 e. The van der Waals surface area contributed by atoms with E-state index in [1.54, 1.807) is 4.90 Å². The molecule has 0 aliphatic carbocycles. The Hall–Kier alpha value is -2.04. The van der Waals surface area contributed by atoms with E-state index in [0.717, 1.165) is 17.7 Å². The molecule has 2 rings (SSSR count). The number of likely N-dealkylation sites (N-methyl/N-ethyl adjacent to an activating group) is 1. The number of anilines is 1. The third-order valence-corrected chi connectivity index (χ3v) is 4.06. The standard InChI is InChI=1S/C15H20N2O3/c1-10-9-11-7-5-6-8-12(11)17(10)14(20)16(4)15(2,3)13(18)19/h5-8,10H,9H2,1-4H3,(H,18,19). The molecule has 5 heteroatoms. The summed E-state index contributed by atoms with van der Waals surface area (Å²) in [5.74, 6) is -1.02. The summed E-state index contributed by atoms with van der Waals surface area (Å²) in [7, 11) is 1.53. The van der Waals surface area contributed by atoms with Gasteiger partial charge in [-0.1, -0.05) is 18.2 Å². The van der Waals surface area contributed by atoms with Crippen LogP contribution < -0.4 is 4.90 Å². The number of nitrogens with zero attached hydrogens (tertiary/aromatic N) is 2. The topological polar surface area (TPSA) is 60.9 Å². The molecule has 1 heterocycles. The van der Waals surface area contributed by atoms with Gasteiger partial charge in [0.15, 0.2) is 0 Å². The highest BCUT2D eigenvalue weighted by molar-refractivity contribution is 5.97. The minimum atomic E-state index is -1.24. The lowest BCUT2D eigenvalue weighted by Gasteiger charge is -2.36. The van der Waals surface area contributed by atoms with E-state index >= 15 is 0 Å². The molecule has 20 heavy (non-hydrogen) atoms. The van der Waals surface area contributed by atoms with Crippen LogP contribution in [0.2, 0.25) is 0 Å². The molecule has 2 amide bonds. The quantitative estimate of drug-likeness (QED) is 0.902. The number of hydrogen-bond donors (Lipinski definition) is 1. The number of hydrogen-bond acceptors (Lipinski definition) is 2. The van der Waals surface area contributed by atoms with Gasteiger partial charge in [-0.3, -0.25) is 4.90 Å². The van der Waals surface area contributed by atoms with Gasteiger partial charge in [0.05, 0.1) is 0 Å². The Balaban J connectivity index is 2.33. The van der Waals surface area contributed by atoms with Gasteiger partial charge in [0.2, 0.25) is 0 Å². The smallest absolute Gasteiger partial charge is 0.329 e. The van der Waals surface area contributed by atoms with Gasteiger partial charge in [-0.15, -0.1) is 0 Å². The zero-order chi connectivity index (χ0) is 15.1. The highest BCUT2D eigenvalue weighted by Gasteiger charge is 2.40. The Morgan fingerprint density at radius 2 is 1.95 bits per heavy atom. The molecule has 1 aromatic rings. The summed E-state index contributed by atoms with van der Waals surface area (Å²) < 4.78 is 0. The van der Waals surface area contributed by atoms with Crippen molar-refractivity contribution in [1.82, 2.24) is 4.90 Å². The first-order valence-corrected chi connectivity index (χ1v) is 6.65. The van der Waals surface area contributed by atoms with Crippen LogP contribution in [0.5, 0.6) is 0 Å². The number of carboxylic acids is 1. The lowest BCUT2D eigenvalue weighted by Crippen LogP contribution is -2.56. The van der Waals surface area contributed by atoms with Crippen molar-refractivity contribution in [3.05, 3.63) is 29.8 Å². The van der Waals surface area contributed by atoms with Crippen molar-refractivity contribution in [2.24, 2.45) is 0 Å². The van der Waals surface area contributed by atoms with Gasteiger partial charge in [-0.05, 0) is 38.8 Å². The van der Waals surface area contributed by atoms with E-state index in [1.165, 1.54) is 25.8 Å². The molecular weight excluding hydrogens is 256 g/mol. The molecule has 0 bridgehead atoms. The number of amides is 2. The van der Waals surface area contributed by atoms with Crippen LogP contribution in [0.4, 0.5) is 10.5 Å². The first kappa shape index (κ1) is 14.4. The molecule has 0 spiro atoms. The zero-order valence-electron chi connectivity index (χ0n) is 12.3. The lowest BCUT2D eigenvalue weighted by atomic mass is 10.0. The third-order valence-electron chi connectivity index (χ3n) is 4.06. The molecule has 5 nitrogen and oxygen atoms in total. The van der Waals surface area contributed by atoms with Gasteiger partial charge in [0, 0.05) is 18.8 Å². The predicted octanol–water partition coefficient (Wildman–Crippen LogP) is 2.35. The molecule has 0 saturated carbocycles. The maximum Gasteiger partial charge on any atom is 0.329 e. The highest BCUT2D eigenvalue weighted by atomic mass is 16.4. The molecule has 1 unspecified atom stereocenters. The fourth-order valence-corrected chi connectivity index (χ4v) is 2.40. The summed E-state index contributed by atoms with van der Waals surface area (Å²) in [4.78, 5) is 26.9. The van der Waals surface area contributed by atoms with E-state index in [4.69, 9.17) is 0 Å². The first-order chi connectivity index (χ1) is 9.26. The maximum atomic E-state index is 12.7. The maximum absolute atomic E-state index is 12.7. The van der Waals surface area contributed by atoms with E-state index in [0.29, 0.717) is 0 Å². The molecule has 0 fully saturated rings. The fraction of sp³-hybridized carbons (Fsp3) is 0.467. The molecule has 0 saturated heterocycles. The summed E-state index contributed by atoms with van der Waals surface area (Å²) in [5.41, 5.74) is 0.752. The number of rotatable bonds is 2. The Kier molecular flexibility index (Phi) is 3.46. The Labute approximate surface area is 118 Å². The zero-order valence-corrected chi connectivity index (χ0v) is 12.3. The number of benzene rings is 1. The van der Waals surface area contributed by atoms with Crippen molar-refractivity contribution >= 4 is 17.7 Å². The van der Waals surface area contributed by atoms with Crippen LogP contribution in [0.25, 0.3) is 0 Å². The van der Waals surface area contributed by atoms with Crippen LogP contribution >= 0.6 is 0 Å². The molecule has 1 N–H and O–H groups in total. The van der Waals surface area contributed by atoms with E-state index in [-0.39, 0.29) is 12.1 Å². The van der Waals surface area contributed by atoms with Gasteiger partial charge >= 0.3 is 12.0 Å². The number of carbonyl (C=O) groups excluding carboxylic acids is 1. The molecule has 1 atom stereocenters. The number of fused-ring (bicyclic) bond motifs is 1. The Morgan fingerprint density at radius 1 is 1.35 bits per heavy atom. The number of urea groups is 1. The second-order valence-electron chi connectivity index (χ2n) is 5.76. The van der Waals surface area contributed by atoms with Gasteiger partial charge < -0.3 is 10.0 Å². The van der Waals surface area contributed by atoms with Crippen LogP contribution in [0.15, 0.2) is 24.3 Å². The minimum absolute atomic E-state index is 0.0342. The fourth-order valence-electron chi connectivity index (χ4n) is 2.40. The average molecular weight is 276 g/mol. The van der Waals surface area contributed by atoms with Crippen molar-refractivity contribution in [2.75, 3.05) is 11.9 Å². The van der Waals surface area contributed by atoms with Crippen molar-refractivity contribution in [1.29, 1.82) is 0 Å². The summed E-state index contributed by atoms with van der Waals surface area (Å²) in [6.45, 7) is 5.03. The number of para-hydroxylation sites is 1.